The highest BCUT2D eigenvalue weighted by molar-refractivity contribution is 5.91. The van der Waals surface area contributed by atoms with Gasteiger partial charge in [-0.3, -0.25) is 9.59 Å². The van der Waals surface area contributed by atoms with Gasteiger partial charge < -0.3 is 14.1 Å². The summed E-state index contributed by atoms with van der Waals surface area (Å²) in [5.74, 6) is 1.19. The highest BCUT2D eigenvalue weighted by Crippen LogP contribution is 2.21. The van der Waals surface area contributed by atoms with Crippen LogP contribution in [0.3, 0.4) is 0 Å². The first-order valence-electron chi connectivity index (χ1n) is 8.15. The van der Waals surface area contributed by atoms with Crippen LogP contribution in [-0.2, 0) is 0 Å². The molecule has 5 nitrogen and oxygen atoms in total. The predicted molar refractivity (Wildman–Crippen MR) is 90.4 cm³/mol. The summed E-state index contributed by atoms with van der Waals surface area (Å²) in [7, 11) is 0. The van der Waals surface area contributed by atoms with E-state index >= 15 is 0 Å². The zero-order valence-electron chi connectivity index (χ0n) is 14.0. The van der Waals surface area contributed by atoms with E-state index in [1.807, 2.05) is 31.2 Å². The number of amides is 1. The summed E-state index contributed by atoms with van der Waals surface area (Å²) in [6, 6.07) is 10.6. The molecule has 0 N–H and O–H groups in total. The van der Waals surface area contributed by atoms with Gasteiger partial charge in [-0.2, -0.15) is 0 Å². The van der Waals surface area contributed by atoms with Gasteiger partial charge in [-0.05, 0) is 31.5 Å². The zero-order valence-corrected chi connectivity index (χ0v) is 14.0. The molecular weight excluding hydrogens is 306 g/mol. The molecule has 1 aliphatic rings. The van der Waals surface area contributed by atoms with E-state index in [4.69, 9.17) is 9.15 Å². The lowest BCUT2D eigenvalue weighted by Gasteiger charge is -2.31. The van der Waals surface area contributed by atoms with Crippen LogP contribution in [0.25, 0.3) is 0 Å². The SMILES string of the molecule is Cc1cccc(OC2CCN(C(=O)c3cc(=O)cc(C)o3)CC2)c1. The molecule has 0 bridgehead atoms. The molecule has 1 saturated heterocycles. The minimum atomic E-state index is -0.232. The van der Waals surface area contributed by atoms with Crippen LogP contribution in [0.4, 0.5) is 0 Å². The van der Waals surface area contributed by atoms with Gasteiger partial charge in [0.25, 0.3) is 5.91 Å². The molecule has 0 aliphatic carbocycles. The molecule has 0 atom stereocenters. The Hall–Kier alpha value is -2.56. The van der Waals surface area contributed by atoms with Crippen molar-refractivity contribution in [3.8, 4) is 5.75 Å². The first-order valence-corrected chi connectivity index (χ1v) is 8.15. The van der Waals surface area contributed by atoms with Crippen LogP contribution in [0.5, 0.6) is 5.75 Å². The average Bonchev–Trinajstić information content (AvgIpc) is 2.54. The Morgan fingerprint density at radius 3 is 2.58 bits per heavy atom. The van der Waals surface area contributed by atoms with Gasteiger partial charge in [0.1, 0.15) is 17.6 Å². The molecule has 1 aromatic carbocycles. The van der Waals surface area contributed by atoms with E-state index in [-0.39, 0.29) is 23.2 Å². The molecule has 24 heavy (non-hydrogen) atoms. The summed E-state index contributed by atoms with van der Waals surface area (Å²) in [5.41, 5.74) is 0.953. The molecule has 2 heterocycles. The third kappa shape index (κ3) is 3.85. The molecule has 2 aromatic rings. The number of aryl methyl sites for hydroxylation is 2. The Balaban J connectivity index is 1.60. The van der Waals surface area contributed by atoms with Crippen molar-refractivity contribution in [2.24, 2.45) is 0 Å². The predicted octanol–water partition coefficient (Wildman–Crippen LogP) is 2.94. The van der Waals surface area contributed by atoms with Crippen molar-refractivity contribution >= 4 is 5.91 Å². The van der Waals surface area contributed by atoms with Crippen LogP contribution >= 0.6 is 0 Å². The second-order valence-electron chi connectivity index (χ2n) is 6.19. The van der Waals surface area contributed by atoms with Crippen LogP contribution in [0.2, 0.25) is 0 Å². The quantitative estimate of drug-likeness (QED) is 0.869. The van der Waals surface area contributed by atoms with Crippen molar-refractivity contribution in [1.29, 1.82) is 0 Å². The van der Waals surface area contributed by atoms with E-state index in [2.05, 4.69) is 0 Å². The topological polar surface area (TPSA) is 59.8 Å². The number of benzene rings is 1. The fourth-order valence-electron chi connectivity index (χ4n) is 2.92. The minimum Gasteiger partial charge on any atom is -0.490 e. The van der Waals surface area contributed by atoms with Crippen molar-refractivity contribution in [2.75, 3.05) is 13.1 Å². The van der Waals surface area contributed by atoms with Crippen molar-refractivity contribution in [3.63, 3.8) is 0 Å². The second-order valence-corrected chi connectivity index (χ2v) is 6.19. The fourth-order valence-corrected chi connectivity index (χ4v) is 2.92. The molecular formula is C19H21NO4. The minimum absolute atomic E-state index is 0.0976. The van der Waals surface area contributed by atoms with E-state index in [9.17, 15) is 9.59 Å². The molecule has 0 unspecified atom stereocenters. The van der Waals surface area contributed by atoms with Crippen LogP contribution in [0, 0.1) is 13.8 Å². The Kier molecular flexibility index (Phi) is 4.69. The number of likely N-dealkylation sites (tertiary alicyclic amines) is 1. The summed E-state index contributed by atoms with van der Waals surface area (Å²) < 4.78 is 11.4. The van der Waals surface area contributed by atoms with Gasteiger partial charge in [0.15, 0.2) is 11.2 Å². The maximum atomic E-state index is 12.5. The lowest BCUT2D eigenvalue weighted by atomic mass is 10.1. The van der Waals surface area contributed by atoms with Crippen molar-refractivity contribution in [2.45, 2.75) is 32.8 Å². The number of hydrogen-bond donors (Lipinski definition) is 0. The summed E-state index contributed by atoms with van der Waals surface area (Å²) in [5, 5.41) is 0. The normalized spacial score (nSPS) is 15.3. The first-order chi connectivity index (χ1) is 11.5. The Morgan fingerprint density at radius 1 is 1.17 bits per heavy atom. The maximum Gasteiger partial charge on any atom is 0.289 e. The molecule has 1 aliphatic heterocycles. The van der Waals surface area contributed by atoms with Gasteiger partial charge >= 0.3 is 0 Å². The van der Waals surface area contributed by atoms with Crippen LogP contribution in [-0.4, -0.2) is 30.0 Å². The number of nitrogens with zero attached hydrogens (tertiary/aromatic N) is 1. The van der Waals surface area contributed by atoms with E-state index in [1.165, 1.54) is 12.1 Å². The van der Waals surface area contributed by atoms with Crippen LogP contribution < -0.4 is 10.2 Å². The highest BCUT2D eigenvalue weighted by atomic mass is 16.5. The van der Waals surface area contributed by atoms with Gasteiger partial charge in [0.2, 0.25) is 0 Å². The van der Waals surface area contributed by atoms with Crippen LogP contribution in [0.15, 0.2) is 45.6 Å². The Bertz CT molecular complexity index is 788. The Morgan fingerprint density at radius 2 is 1.92 bits per heavy atom. The number of carbonyl (C=O) groups is 1. The maximum absolute atomic E-state index is 12.5. The van der Waals surface area contributed by atoms with E-state index in [1.54, 1.807) is 11.8 Å². The monoisotopic (exact) mass is 327 g/mol. The van der Waals surface area contributed by atoms with Crippen molar-refractivity contribution < 1.29 is 13.9 Å². The van der Waals surface area contributed by atoms with Crippen molar-refractivity contribution in [3.05, 3.63) is 63.7 Å². The van der Waals surface area contributed by atoms with Gasteiger partial charge in [-0.1, -0.05) is 12.1 Å². The van der Waals surface area contributed by atoms with Gasteiger partial charge in [-0.25, -0.2) is 0 Å². The smallest absolute Gasteiger partial charge is 0.289 e. The van der Waals surface area contributed by atoms with Crippen molar-refractivity contribution in [1.82, 2.24) is 4.90 Å². The third-order valence-electron chi connectivity index (χ3n) is 4.12. The molecule has 0 radical (unpaired) electrons. The molecule has 5 heteroatoms. The molecule has 1 fully saturated rings. The first kappa shape index (κ1) is 16.3. The lowest BCUT2D eigenvalue weighted by molar-refractivity contribution is 0.0562. The lowest BCUT2D eigenvalue weighted by Crippen LogP contribution is -2.42. The van der Waals surface area contributed by atoms with E-state index in [0.717, 1.165) is 24.2 Å². The summed E-state index contributed by atoms with van der Waals surface area (Å²) in [4.78, 5) is 25.7. The second kappa shape index (κ2) is 6.91. The van der Waals surface area contributed by atoms with Crippen LogP contribution in [0.1, 0.15) is 34.7 Å². The van der Waals surface area contributed by atoms with E-state index in [0.29, 0.717) is 18.8 Å². The molecule has 0 saturated carbocycles. The van der Waals surface area contributed by atoms with E-state index < -0.39 is 0 Å². The molecule has 1 amide bonds. The zero-order chi connectivity index (χ0) is 17.1. The number of piperidine rings is 1. The Labute approximate surface area is 140 Å². The summed E-state index contributed by atoms with van der Waals surface area (Å²) in [6.45, 7) is 4.88. The molecule has 1 aromatic heterocycles. The average molecular weight is 327 g/mol. The molecule has 126 valence electrons. The summed E-state index contributed by atoms with van der Waals surface area (Å²) in [6.07, 6.45) is 1.62. The number of ether oxygens (including phenoxy) is 1. The standard InChI is InChI=1S/C19H21NO4/c1-13-4-3-5-17(10-13)24-16-6-8-20(9-7-16)19(22)18-12-15(21)11-14(2)23-18/h3-5,10-12,16H,6-9H2,1-2H3. The summed E-state index contributed by atoms with van der Waals surface area (Å²) >= 11 is 0. The van der Waals surface area contributed by atoms with Gasteiger partial charge in [0.05, 0.1) is 0 Å². The largest absolute Gasteiger partial charge is 0.490 e. The number of rotatable bonds is 3. The van der Waals surface area contributed by atoms with Gasteiger partial charge in [-0.15, -0.1) is 0 Å². The number of hydrogen-bond acceptors (Lipinski definition) is 4. The number of carbonyl (C=O) groups excluding carboxylic acids is 1. The third-order valence-corrected chi connectivity index (χ3v) is 4.12. The fraction of sp³-hybridized carbons (Fsp3) is 0.368. The molecule has 0 spiro atoms. The van der Waals surface area contributed by atoms with Gasteiger partial charge in [0, 0.05) is 38.1 Å². The highest BCUT2D eigenvalue weighted by Gasteiger charge is 2.26. The molecule has 3 rings (SSSR count).